The van der Waals surface area contributed by atoms with Crippen molar-refractivity contribution in [3.63, 3.8) is 0 Å². The SMILES string of the molecule is CN(CC#Cc1ccc2c(c1)C1(C(=O)N2)C(C(=O)O)C2C(=O)OC(c3ccccc3)C(c3ccccc3)N2C1c1ccc(OCCO)cc1)Cc1ccccc1. The molecule has 1 spiro atoms. The highest BCUT2D eigenvalue weighted by atomic mass is 16.6. The van der Waals surface area contributed by atoms with E-state index in [-0.39, 0.29) is 13.2 Å². The van der Waals surface area contributed by atoms with E-state index in [0.29, 0.717) is 41.2 Å². The number of amides is 1. The highest BCUT2D eigenvalue weighted by Crippen LogP contribution is 2.64. The second-order valence-corrected chi connectivity index (χ2v) is 14.4. The van der Waals surface area contributed by atoms with Crippen LogP contribution in [0.4, 0.5) is 5.69 Å². The summed E-state index contributed by atoms with van der Waals surface area (Å²) in [6.45, 7) is 1.11. The van der Waals surface area contributed by atoms with Crippen molar-refractivity contribution in [2.24, 2.45) is 5.92 Å². The molecule has 1 amide bonds. The van der Waals surface area contributed by atoms with Crippen molar-refractivity contribution in [3.05, 3.63) is 167 Å². The number of morpholine rings is 1. The lowest BCUT2D eigenvalue weighted by atomic mass is 9.65. The molecule has 10 nitrogen and oxygen atoms in total. The number of carbonyl (C=O) groups is 3. The van der Waals surface area contributed by atoms with E-state index in [1.807, 2.05) is 96.9 Å². The highest BCUT2D eigenvalue weighted by Gasteiger charge is 2.74. The van der Waals surface area contributed by atoms with Crippen molar-refractivity contribution >= 4 is 23.5 Å². The molecule has 10 heteroatoms. The number of anilines is 1. The molecule has 2 saturated heterocycles. The summed E-state index contributed by atoms with van der Waals surface area (Å²) in [6, 6.07) is 38.5. The summed E-state index contributed by atoms with van der Waals surface area (Å²) in [5, 5.41) is 23.7. The second kappa shape index (κ2) is 15.5. The van der Waals surface area contributed by atoms with E-state index in [9.17, 15) is 24.6 Å². The zero-order chi connectivity index (χ0) is 38.8. The summed E-state index contributed by atoms with van der Waals surface area (Å²) in [5.74, 6) is 2.91. The van der Waals surface area contributed by atoms with Crippen LogP contribution in [-0.4, -0.2) is 70.7 Å². The van der Waals surface area contributed by atoms with Crippen LogP contribution in [0.2, 0.25) is 0 Å². The monoisotopic (exact) mass is 747 g/mol. The molecule has 2 fully saturated rings. The summed E-state index contributed by atoms with van der Waals surface area (Å²) in [6.07, 6.45) is -0.824. The third-order valence-corrected chi connectivity index (χ3v) is 11.0. The maximum Gasteiger partial charge on any atom is 0.325 e. The van der Waals surface area contributed by atoms with Gasteiger partial charge in [-0.15, -0.1) is 0 Å². The zero-order valence-corrected chi connectivity index (χ0v) is 30.7. The van der Waals surface area contributed by atoms with Gasteiger partial charge in [-0.3, -0.25) is 24.2 Å². The fourth-order valence-electron chi connectivity index (χ4n) is 8.79. The Hall–Kier alpha value is -6.25. The second-order valence-electron chi connectivity index (χ2n) is 14.4. The average Bonchev–Trinajstić information content (AvgIpc) is 3.70. The van der Waals surface area contributed by atoms with Crippen molar-refractivity contribution < 1.29 is 34.1 Å². The van der Waals surface area contributed by atoms with Gasteiger partial charge in [0.1, 0.15) is 35.8 Å². The fraction of sp³-hybridized carbons (Fsp3) is 0.239. The number of aliphatic hydroxyl groups is 1. The molecule has 3 aliphatic rings. The van der Waals surface area contributed by atoms with Crippen LogP contribution in [0, 0.1) is 17.8 Å². The van der Waals surface area contributed by atoms with E-state index in [0.717, 1.165) is 11.1 Å². The van der Waals surface area contributed by atoms with Crippen LogP contribution in [0.15, 0.2) is 133 Å². The number of rotatable bonds is 10. The van der Waals surface area contributed by atoms with Crippen LogP contribution in [0.1, 0.15) is 51.6 Å². The molecule has 282 valence electrons. The lowest BCUT2D eigenvalue weighted by Gasteiger charge is -2.46. The van der Waals surface area contributed by atoms with Gasteiger partial charge in [0.25, 0.3) is 0 Å². The van der Waals surface area contributed by atoms with Gasteiger partial charge in [0, 0.05) is 17.8 Å². The van der Waals surface area contributed by atoms with Crippen molar-refractivity contribution in [2.45, 2.75) is 36.2 Å². The predicted octanol–water partition coefficient (Wildman–Crippen LogP) is 5.90. The Balaban J connectivity index is 1.30. The van der Waals surface area contributed by atoms with Gasteiger partial charge in [0.15, 0.2) is 0 Å². The van der Waals surface area contributed by atoms with Gasteiger partial charge in [0.2, 0.25) is 5.91 Å². The molecule has 5 aromatic rings. The molecule has 0 bridgehead atoms. The number of nitrogens with zero attached hydrogens (tertiary/aromatic N) is 2. The third-order valence-electron chi connectivity index (χ3n) is 11.0. The lowest BCUT2D eigenvalue weighted by molar-refractivity contribution is -0.179. The van der Waals surface area contributed by atoms with Crippen LogP contribution in [0.3, 0.4) is 0 Å². The molecule has 5 aromatic carbocycles. The number of cyclic esters (lactones) is 1. The van der Waals surface area contributed by atoms with Crippen LogP contribution in [0.25, 0.3) is 0 Å². The van der Waals surface area contributed by atoms with Gasteiger partial charge < -0.3 is 25.0 Å². The number of ether oxygens (including phenoxy) is 2. The molecule has 0 radical (unpaired) electrons. The minimum absolute atomic E-state index is 0.0876. The van der Waals surface area contributed by atoms with E-state index < -0.39 is 53.4 Å². The summed E-state index contributed by atoms with van der Waals surface area (Å²) in [4.78, 5) is 47.3. The summed E-state index contributed by atoms with van der Waals surface area (Å²) >= 11 is 0. The van der Waals surface area contributed by atoms with Crippen molar-refractivity contribution in [3.8, 4) is 17.6 Å². The number of aliphatic hydroxyl groups excluding tert-OH is 1. The number of benzene rings is 5. The fourth-order valence-corrected chi connectivity index (χ4v) is 8.79. The Kier molecular flexibility index (Phi) is 10.1. The number of hydrogen-bond donors (Lipinski definition) is 3. The van der Waals surface area contributed by atoms with E-state index in [1.165, 1.54) is 5.56 Å². The number of carbonyl (C=O) groups excluding carboxylic acids is 2. The van der Waals surface area contributed by atoms with Gasteiger partial charge in [-0.1, -0.05) is 115 Å². The molecule has 0 aromatic heterocycles. The first kappa shape index (κ1) is 36.7. The number of esters is 1. The molecule has 0 saturated carbocycles. The van der Waals surface area contributed by atoms with E-state index in [2.05, 4.69) is 34.2 Å². The topological polar surface area (TPSA) is 129 Å². The van der Waals surface area contributed by atoms with Crippen LogP contribution in [0.5, 0.6) is 5.75 Å². The first-order chi connectivity index (χ1) is 27.3. The van der Waals surface area contributed by atoms with Gasteiger partial charge >= 0.3 is 11.9 Å². The molecule has 8 rings (SSSR count). The Labute approximate surface area is 325 Å². The zero-order valence-electron chi connectivity index (χ0n) is 30.7. The predicted molar refractivity (Wildman–Crippen MR) is 209 cm³/mol. The standard InChI is InChI=1S/C46H41N3O7/c1-48(29-31-12-5-2-6-13-31)25-11-14-30-19-24-37-36(28-30)46(45(54)47-37)38(43(51)52)40-44(53)56-41(33-17-9-4-10-18-33)39(32-15-7-3-8-16-32)49(40)42(46)34-20-22-35(23-21-34)55-27-26-50/h2-10,12-13,15-24,28,38-42,50H,25-27,29H2,1H3,(H,47,54)(H,51,52). The molecule has 3 aliphatic heterocycles. The van der Waals surface area contributed by atoms with E-state index in [4.69, 9.17) is 9.47 Å². The molecular weight excluding hydrogens is 707 g/mol. The smallest absolute Gasteiger partial charge is 0.325 e. The third kappa shape index (κ3) is 6.50. The minimum Gasteiger partial charge on any atom is -0.491 e. The van der Waals surface area contributed by atoms with Crippen molar-refractivity contribution in [2.75, 3.05) is 32.1 Å². The molecule has 3 heterocycles. The summed E-state index contributed by atoms with van der Waals surface area (Å²) in [7, 11) is 1.99. The van der Waals surface area contributed by atoms with Crippen molar-refractivity contribution in [1.29, 1.82) is 0 Å². The Bertz CT molecular complexity index is 2290. The lowest BCUT2D eigenvalue weighted by Crippen LogP contribution is -2.52. The number of aliphatic carboxylic acids is 1. The van der Waals surface area contributed by atoms with Gasteiger partial charge in [-0.05, 0) is 65.2 Å². The quantitative estimate of drug-likeness (QED) is 0.118. The molecule has 56 heavy (non-hydrogen) atoms. The maximum atomic E-state index is 14.9. The number of hydrogen-bond acceptors (Lipinski definition) is 8. The molecule has 0 aliphatic carbocycles. The summed E-state index contributed by atoms with van der Waals surface area (Å²) in [5.41, 5.74) is 3.04. The van der Waals surface area contributed by atoms with Crippen LogP contribution < -0.4 is 10.1 Å². The summed E-state index contributed by atoms with van der Waals surface area (Å²) < 4.78 is 12.0. The Morgan fingerprint density at radius 2 is 1.52 bits per heavy atom. The van der Waals surface area contributed by atoms with Gasteiger partial charge in [0.05, 0.1) is 25.2 Å². The number of fused-ring (bicyclic) bond motifs is 3. The molecule has 3 N–H and O–H groups in total. The van der Waals surface area contributed by atoms with Gasteiger partial charge in [-0.25, -0.2) is 0 Å². The maximum absolute atomic E-state index is 14.9. The largest absolute Gasteiger partial charge is 0.491 e. The average molecular weight is 748 g/mol. The number of nitrogens with one attached hydrogen (secondary N) is 1. The van der Waals surface area contributed by atoms with Crippen LogP contribution >= 0.6 is 0 Å². The first-order valence-corrected chi connectivity index (χ1v) is 18.6. The van der Waals surface area contributed by atoms with Crippen molar-refractivity contribution in [1.82, 2.24) is 9.80 Å². The number of carboxylic acids is 1. The Morgan fingerprint density at radius 3 is 2.18 bits per heavy atom. The molecule has 6 atom stereocenters. The molecular formula is C46H41N3O7. The Morgan fingerprint density at radius 1 is 0.857 bits per heavy atom. The minimum atomic E-state index is -1.79. The van der Waals surface area contributed by atoms with E-state index >= 15 is 0 Å². The van der Waals surface area contributed by atoms with Gasteiger partial charge in [-0.2, -0.15) is 0 Å². The number of carboxylic acid groups (broad SMARTS) is 1. The highest BCUT2D eigenvalue weighted by molar-refractivity contribution is 6.11. The molecule has 6 unspecified atom stereocenters. The van der Waals surface area contributed by atoms with E-state index in [1.54, 1.807) is 36.4 Å². The van der Waals surface area contributed by atoms with Crippen LogP contribution in [-0.2, 0) is 31.1 Å². The normalized spacial score (nSPS) is 23.8. The first-order valence-electron chi connectivity index (χ1n) is 18.6.